The van der Waals surface area contributed by atoms with E-state index in [2.05, 4.69) is 26.8 Å². The van der Waals surface area contributed by atoms with Crippen molar-refractivity contribution in [3.05, 3.63) is 11.6 Å². The Morgan fingerprint density at radius 2 is 2.09 bits per heavy atom. The van der Waals surface area contributed by atoms with Crippen molar-refractivity contribution in [3.63, 3.8) is 0 Å². The largest absolute Gasteiger partial charge is 0.193 e. The second-order valence-corrected chi connectivity index (χ2v) is 3.62. The second kappa shape index (κ2) is 4.18. The topological polar surface area (TPSA) is 23.8 Å². The van der Waals surface area contributed by atoms with Gasteiger partial charge in [-0.25, -0.2) is 0 Å². The monoisotopic (exact) mass is 151 g/mol. The highest BCUT2D eigenvalue weighted by molar-refractivity contribution is 5.20. The number of rotatable bonds is 3. The van der Waals surface area contributed by atoms with Gasteiger partial charge in [-0.3, -0.25) is 0 Å². The average molecular weight is 151 g/mol. The molecular formula is C10H17N. The van der Waals surface area contributed by atoms with Gasteiger partial charge in [-0.2, -0.15) is 5.26 Å². The summed E-state index contributed by atoms with van der Waals surface area (Å²) >= 11 is 0. The lowest BCUT2D eigenvalue weighted by Crippen LogP contribution is -2.09. The standard InChI is InChI=1S/C10H17N/c1-5-9(8-11)7-10(3,4)6-2/h5H,6-7H2,1-4H3/b9-5+. The van der Waals surface area contributed by atoms with Crippen LogP contribution in [0.25, 0.3) is 0 Å². The molecule has 62 valence electrons. The van der Waals surface area contributed by atoms with E-state index in [1.807, 2.05) is 13.0 Å². The average Bonchev–Trinajstić information content (AvgIpc) is 2.00. The van der Waals surface area contributed by atoms with Gasteiger partial charge < -0.3 is 0 Å². The molecule has 0 saturated carbocycles. The zero-order chi connectivity index (χ0) is 8.91. The molecule has 0 atom stereocenters. The number of nitriles is 1. The van der Waals surface area contributed by atoms with E-state index in [0.29, 0.717) is 0 Å². The predicted octanol–water partition coefficient (Wildman–Crippen LogP) is 3.28. The highest BCUT2D eigenvalue weighted by Gasteiger charge is 2.16. The van der Waals surface area contributed by atoms with Crippen molar-refractivity contribution in [2.45, 2.75) is 40.5 Å². The van der Waals surface area contributed by atoms with Crippen LogP contribution in [0.15, 0.2) is 11.6 Å². The maximum absolute atomic E-state index is 8.67. The SMILES string of the molecule is C/C=C(/C#N)CC(C)(C)CC. The Kier molecular flexibility index (Phi) is 3.89. The zero-order valence-electron chi connectivity index (χ0n) is 7.94. The molecule has 1 heteroatoms. The Balaban J connectivity index is 4.15. The molecule has 11 heavy (non-hydrogen) atoms. The van der Waals surface area contributed by atoms with Gasteiger partial charge in [-0.15, -0.1) is 0 Å². The first-order chi connectivity index (χ1) is 5.05. The van der Waals surface area contributed by atoms with Gasteiger partial charge in [0.15, 0.2) is 0 Å². The second-order valence-electron chi connectivity index (χ2n) is 3.62. The molecule has 0 N–H and O–H groups in total. The fraction of sp³-hybridized carbons (Fsp3) is 0.700. The van der Waals surface area contributed by atoms with Crippen LogP contribution in [0.2, 0.25) is 0 Å². The molecule has 0 fully saturated rings. The van der Waals surface area contributed by atoms with Crippen LogP contribution in [0.3, 0.4) is 0 Å². The van der Waals surface area contributed by atoms with E-state index in [1.54, 1.807) is 0 Å². The first kappa shape index (κ1) is 10.2. The molecule has 0 unspecified atom stereocenters. The number of hydrogen-bond donors (Lipinski definition) is 0. The molecule has 0 aromatic rings. The van der Waals surface area contributed by atoms with E-state index >= 15 is 0 Å². The molecule has 0 spiro atoms. The molecule has 0 aromatic carbocycles. The van der Waals surface area contributed by atoms with Crippen molar-refractivity contribution in [1.29, 1.82) is 5.26 Å². The molecule has 1 nitrogen and oxygen atoms in total. The van der Waals surface area contributed by atoms with Crippen molar-refractivity contribution in [1.82, 2.24) is 0 Å². The van der Waals surface area contributed by atoms with Crippen molar-refractivity contribution in [2.24, 2.45) is 5.41 Å². The smallest absolute Gasteiger partial charge is 0.0943 e. The summed E-state index contributed by atoms with van der Waals surface area (Å²) in [6.07, 6.45) is 3.92. The quantitative estimate of drug-likeness (QED) is 0.568. The van der Waals surface area contributed by atoms with E-state index in [0.717, 1.165) is 18.4 Å². The predicted molar refractivity (Wildman–Crippen MR) is 48.1 cm³/mol. The molecule has 0 saturated heterocycles. The molecule has 0 aromatic heterocycles. The van der Waals surface area contributed by atoms with Crippen LogP contribution in [0.5, 0.6) is 0 Å². The van der Waals surface area contributed by atoms with Gasteiger partial charge in [0.1, 0.15) is 0 Å². The number of allylic oxidation sites excluding steroid dienone is 2. The third-order valence-corrected chi connectivity index (χ3v) is 2.12. The molecule has 0 rings (SSSR count). The van der Waals surface area contributed by atoms with Gasteiger partial charge in [0.25, 0.3) is 0 Å². The third kappa shape index (κ3) is 3.83. The Morgan fingerprint density at radius 1 is 1.55 bits per heavy atom. The van der Waals surface area contributed by atoms with Gasteiger partial charge in [0.2, 0.25) is 0 Å². The molecule has 0 radical (unpaired) electrons. The Bertz CT molecular complexity index is 182. The van der Waals surface area contributed by atoms with Crippen LogP contribution in [0, 0.1) is 16.7 Å². The van der Waals surface area contributed by atoms with Crippen LogP contribution >= 0.6 is 0 Å². The lowest BCUT2D eigenvalue weighted by atomic mass is 9.83. The van der Waals surface area contributed by atoms with Crippen LogP contribution in [-0.2, 0) is 0 Å². The molecule has 0 bridgehead atoms. The highest BCUT2D eigenvalue weighted by atomic mass is 14.3. The zero-order valence-corrected chi connectivity index (χ0v) is 7.94. The minimum Gasteiger partial charge on any atom is -0.193 e. The highest BCUT2D eigenvalue weighted by Crippen LogP contribution is 2.27. The molecule has 0 aliphatic rings. The lowest BCUT2D eigenvalue weighted by Gasteiger charge is -2.21. The Labute approximate surface area is 69.7 Å². The van der Waals surface area contributed by atoms with Gasteiger partial charge in [0, 0.05) is 5.57 Å². The summed E-state index contributed by atoms with van der Waals surface area (Å²) in [4.78, 5) is 0. The van der Waals surface area contributed by atoms with E-state index in [1.165, 1.54) is 0 Å². The van der Waals surface area contributed by atoms with Crippen LogP contribution in [-0.4, -0.2) is 0 Å². The molecular weight excluding hydrogens is 134 g/mol. The third-order valence-electron chi connectivity index (χ3n) is 2.12. The minimum atomic E-state index is 0.275. The van der Waals surface area contributed by atoms with Gasteiger partial charge in [0.05, 0.1) is 6.07 Å². The summed E-state index contributed by atoms with van der Waals surface area (Å²) in [7, 11) is 0. The van der Waals surface area contributed by atoms with E-state index in [4.69, 9.17) is 5.26 Å². The van der Waals surface area contributed by atoms with Crippen molar-refractivity contribution in [3.8, 4) is 6.07 Å². The fourth-order valence-corrected chi connectivity index (χ4v) is 0.847. The number of nitrogens with zero attached hydrogens (tertiary/aromatic N) is 1. The summed E-state index contributed by atoms with van der Waals surface area (Å²) < 4.78 is 0. The summed E-state index contributed by atoms with van der Waals surface area (Å²) in [5.74, 6) is 0. The normalized spacial score (nSPS) is 12.8. The van der Waals surface area contributed by atoms with Crippen LogP contribution < -0.4 is 0 Å². The maximum atomic E-state index is 8.67. The van der Waals surface area contributed by atoms with E-state index in [-0.39, 0.29) is 5.41 Å². The Hall–Kier alpha value is -0.770. The first-order valence-corrected chi connectivity index (χ1v) is 4.11. The minimum absolute atomic E-state index is 0.275. The van der Waals surface area contributed by atoms with Gasteiger partial charge in [-0.1, -0.05) is 33.3 Å². The first-order valence-electron chi connectivity index (χ1n) is 4.11. The lowest BCUT2D eigenvalue weighted by molar-refractivity contribution is 0.351. The van der Waals surface area contributed by atoms with E-state index < -0.39 is 0 Å². The van der Waals surface area contributed by atoms with Gasteiger partial charge >= 0.3 is 0 Å². The maximum Gasteiger partial charge on any atom is 0.0943 e. The van der Waals surface area contributed by atoms with Crippen molar-refractivity contribution in [2.75, 3.05) is 0 Å². The summed E-state index contributed by atoms with van der Waals surface area (Å²) in [5, 5.41) is 8.67. The molecule has 0 heterocycles. The van der Waals surface area contributed by atoms with E-state index in [9.17, 15) is 0 Å². The van der Waals surface area contributed by atoms with Gasteiger partial charge in [-0.05, 0) is 18.8 Å². The number of hydrogen-bond acceptors (Lipinski definition) is 1. The molecule has 0 aliphatic heterocycles. The summed E-state index contributed by atoms with van der Waals surface area (Å²) in [5.41, 5.74) is 1.18. The summed E-state index contributed by atoms with van der Waals surface area (Å²) in [6.45, 7) is 8.45. The molecule has 0 amide bonds. The van der Waals surface area contributed by atoms with Crippen LogP contribution in [0.1, 0.15) is 40.5 Å². The van der Waals surface area contributed by atoms with Crippen molar-refractivity contribution >= 4 is 0 Å². The summed E-state index contributed by atoms with van der Waals surface area (Å²) in [6, 6.07) is 2.20. The fourth-order valence-electron chi connectivity index (χ4n) is 0.847. The Morgan fingerprint density at radius 3 is 2.36 bits per heavy atom. The van der Waals surface area contributed by atoms with Crippen LogP contribution in [0.4, 0.5) is 0 Å². The molecule has 0 aliphatic carbocycles. The van der Waals surface area contributed by atoms with Crippen molar-refractivity contribution < 1.29 is 0 Å².